The third-order valence-corrected chi connectivity index (χ3v) is 2.81. The van der Waals surface area contributed by atoms with E-state index < -0.39 is 35.6 Å². The summed E-state index contributed by atoms with van der Waals surface area (Å²) in [5, 5.41) is 4.86. The van der Waals surface area contributed by atoms with E-state index in [0.717, 1.165) is 0 Å². The minimum absolute atomic E-state index is 0.106. The normalized spacial score (nSPS) is 13.1. The second-order valence-electron chi connectivity index (χ2n) is 4.72. The molecule has 0 aliphatic heterocycles. The standard InChI is InChI=1S/C14H18FN3O3/c1-8(13(16)20)17-14(21)12(18-9(2)19)7-10-4-3-5-11(15)6-10/h3-6,8,12H,7H2,1-2H3,(H2,16,20)(H,17,21)(H,18,19)/t8-,12-/m0/s1. The monoisotopic (exact) mass is 295 g/mol. The zero-order valence-corrected chi connectivity index (χ0v) is 11.9. The first kappa shape index (κ1) is 16.6. The van der Waals surface area contributed by atoms with Gasteiger partial charge in [0.2, 0.25) is 17.7 Å². The molecule has 4 N–H and O–H groups in total. The number of carbonyl (C=O) groups is 3. The van der Waals surface area contributed by atoms with Gasteiger partial charge < -0.3 is 16.4 Å². The van der Waals surface area contributed by atoms with Crippen LogP contribution < -0.4 is 16.4 Å². The number of rotatable bonds is 6. The fourth-order valence-electron chi connectivity index (χ4n) is 1.74. The SMILES string of the molecule is CC(=O)N[C@@H](Cc1cccc(F)c1)C(=O)N[C@@H](C)C(N)=O. The number of nitrogens with one attached hydrogen (secondary N) is 2. The molecule has 21 heavy (non-hydrogen) atoms. The Balaban J connectivity index is 2.82. The summed E-state index contributed by atoms with van der Waals surface area (Å²) >= 11 is 0. The van der Waals surface area contributed by atoms with E-state index in [2.05, 4.69) is 10.6 Å². The average molecular weight is 295 g/mol. The van der Waals surface area contributed by atoms with Crippen LogP contribution >= 0.6 is 0 Å². The third kappa shape index (κ3) is 5.60. The lowest BCUT2D eigenvalue weighted by molar-refractivity contribution is -0.130. The number of amides is 3. The Hall–Kier alpha value is -2.44. The van der Waals surface area contributed by atoms with Crippen molar-refractivity contribution in [2.75, 3.05) is 0 Å². The van der Waals surface area contributed by atoms with Crippen molar-refractivity contribution in [3.05, 3.63) is 35.6 Å². The molecule has 0 aliphatic rings. The van der Waals surface area contributed by atoms with Gasteiger partial charge in [0.25, 0.3) is 0 Å². The molecule has 1 aromatic rings. The Kier molecular flexibility index (Phi) is 5.83. The number of hydrogen-bond donors (Lipinski definition) is 3. The Morgan fingerprint density at radius 3 is 2.48 bits per heavy atom. The van der Waals surface area contributed by atoms with Crippen LogP contribution in [-0.2, 0) is 20.8 Å². The fraction of sp³-hybridized carbons (Fsp3) is 0.357. The quantitative estimate of drug-likeness (QED) is 0.681. The molecule has 6 nitrogen and oxygen atoms in total. The maximum Gasteiger partial charge on any atom is 0.243 e. The molecule has 0 unspecified atom stereocenters. The molecular weight excluding hydrogens is 277 g/mol. The largest absolute Gasteiger partial charge is 0.368 e. The first-order valence-electron chi connectivity index (χ1n) is 6.41. The van der Waals surface area contributed by atoms with Crippen molar-refractivity contribution in [1.82, 2.24) is 10.6 Å². The second-order valence-corrected chi connectivity index (χ2v) is 4.72. The van der Waals surface area contributed by atoms with Crippen molar-refractivity contribution in [2.45, 2.75) is 32.4 Å². The Morgan fingerprint density at radius 2 is 1.95 bits per heavy atom. The van der Waals surface area contributed by atoms with Crippen molar-refractivity contribution in [2.24, 2.45) is 5.73 Å². The summed E-state index contributed by atoms with van der Waals surface area (Å²) in [5.74, 6) is -2.07. The molecule has 7 heteroatoms. The second kappa shape index (κ2) is 7.37. The van der Waals surface area contributed by atoms with Crippen LogP contribution in [0.3, 0.4) is 0 Å². The van der Waals surface area contributed by atoms with Crippen LogP contribution in [0.5, 0.6) is 0 Å². The number of nitrogens with two attached hydrogens (primary N) is 1. The van der Waals surface area contributed by atoms with Crippen LogP contribution in [0.1, 0.15) is 19.4 Å². The highest BCUT2D eigenvalue weighted by molar-refractivity contribution is 5.91. The van der Waals surface area contributed by atoms with E-state index in [9.17, 15) is 18.8 Å². The lowest BCUT2D eigenvalue weighted by atomic mass is 10.0. The van der Waals surface area contributed by atoms with E-state index in [1.54, 1.807) is 6.07 Å². The molecule has 1 aromatic carbocycles. The van der Waals surface area contributed by atoms with Crippen LogP contribution in [0.4, 0.5) is 4.39 Å². The van der Waals surface area contributed by atoms with Crippen molar-refractivity contribution in [3.8, 4) is 0 Å². The lowest BCUT2D eigenvalue weighted by Gasteiger charge is -2.19. The molecule has 0 saturated heterocycles. The van der Waals surface area contributed by atoms with E-state index in [4.69, 9.17) is 5.73 Å². The van der Waals surface area contributed by atoms with Crippen LogP contribution in [0, 0.1) is 5.82 Å². The minimum atomic E-state index is -0.911. The highest BCUT2D eigenvalue weighted by Crippen LogP contribution is 2.07. The minimum Gasteiger partial charge on any atom is -0.368 e. The summed E-state index contributed by atoms with van der Waals surface area (Å²) in [7, 11) is 0. The molecule has 0 heterocycles. The highest BCUT2D eigenvalue weighted by atomic mass is 19.1. The highest BCUT2D eigenvalue weighted by Gasteiger charge is 2.23. The van der Waals surface area contributed by atoms with E-state index >= 15 is 0 Å². The molecule has 3 amide bonds. The number of halogens is 1. The van der Waals surface area contributed by atoms with Gasteiger partial charge in [-0.1, -0.05) is 12.1 Å². The first-order valence-corrected chi connectivity index (χ1v) is 6.41. The van der Waals surface area contributed by atoms with Gasteiger partial charge in [-0.25, -0.2) is 4.39 Å². The van der Waals surface area contributed by atoms with Crippen molar-refractivity contribution in [3.63, 3.8) is 0 Å². The molecular formula is C14H18FN3O3. The number of carbonyl (C=O) groups excluding carboxylic acids is 3. The van der Waals surface area contributed by atoms with Crippen LogP contribution in [-0.4, -0.2) is 29.8 Å². The van der Waals surface area contributed by atoms with Gasteiger partial charge in [-0.05, 0) is 24.6 Å². The summed E-state index contributed by atoms with van der Waals surface area (Å²) in [5.41, 5.74) is 5.62. The van der Waals surface area contributed by atoms with Gasteiger partial charge in [0.05, 0.1) is 0 Å². The maximum atomic E-state index is 13.1. The number of primary amides is 1. The van der Waals surface area contributed by atoms with Crippen LogP contribution in [0.15, 0.2) is 24.3 Å². The molecule has 1 rings (SSSR count). The van der Waals surface area contributed by atoms with Gasteiger partial charge in [-0.3, -0.25) is 14.4 Å². The first-order chi connectivity index (χ1) is 9.79. The summed E-state index contributed by atoms with van der Waals surface area (Å²) in [6.07, 6.45) is 0.106. The predicted molar refractivity (Wildman–Crippen MR) is 74.5 cm³/mol. The van der Waals surface area contributed by atoms with Crippen molar-refractivity contribution >= 4 is 17.7 Å². The predicted octanol–water partition coefficient (Wildman–Crippen LogP) is -0.137. The number of hydrogen-bond acceptors (Lipinski definition) is 3. The van der Waals surface area contributed by atoms with E-state index in [-0.39, 0.29) is 6.42 Å². The maximum absolute atomic E-state index is 13.1. The summed E-state index contributed by atoms with van der Waals surface area (Å²) in [6, 6.07) is 3.95. The number of benzene rings is 1. The van der Waals surface area contributed by atoms with Crippen molar-refractivity contribution < 1.29 is 18.8 Å². The summed E-state index contributed by atoms with van der Waals surface area (Å²) < 4.78 is 13.1. The molecule has 114 valence electrons. The molecule has 0 saturated carbocycles. The van der Waals surface area contributed by atoms with Crippen LogP contribution in [0.25, 0.3) is 0 Å². The fourth-order valence-corrected chi connectivity index (χ4v) is 1.74. The smallest absolute Gasteiger partial charge is 0.243 e. The lowest BCUT2D eigenvalue weighted by Crippen LogP contribution is -2.52. The van der Waals surface area contributed by atoms with Gasteiger partial charge in [0.1, 0.15) is 17.9 Å². The van der Waals surface area contributed by atoms with Gasteiger partial charge >= 0.3 is 0 Å². The van der Waals surface area contributed by atoms with E-state index in [1.165, 1.54) is 32.0 Å². The van der Waals surface area contributed by atoms with Gasteiger partial charge in [-0.2, -0.15) is 0 Å². The van der Waals surface area contributed by atoms with E-state index in [0.29, 0.717) is 5.56 Å². The molecule has 0 bridgehead atoms. The van der Waals surface area contributed by atoms with Crippen molar-refractivity contribution in [1.29, 1.82) is 0 Å². The average Bonchev–Trinajstić information content (AvgIpc) is 2.37. The summed E-state index contributed by atoms with van der Waals surface area (Å²) in [4.78, 5) is 34.2. The molecule has 0 aliphatic carbocycles. The van der Waals surface area contributed by atoms with Crippen LogP contribution in [0.2, 0.25) is 0 Å². The molecule has 0 radical (unpaired) electrons. The van der Waals surface area contributed by atoms with Gasteiger partial charge in [0.15, 0.2) is 0 Å². The molecule has 0 aromatic heterocycles. The topological polar surface area (TPSA) is 101 Å². The Bertz CT molecular complexity index is 548. The van der Waals surface area contributed by atoms with Gasteiger partial charge in [0, 0.05) is 13.3 Å². The molecule has 0 spiro atoms. The third-order valence-electron chi connectivity index (χ3n) is 2.81. The van der Waals surface area contributed by atoms with E-state index in [1.807, 2.05) is 0 Å². The summed E-state index contributed by atoms with van der Waals surface area (Å²) in [6.45, 7) is 2.70. The zero-order valence-electron chi connectivity index (χ0n) is 11.9. The molecule has 2 atom stereocenters. The zero-order chi connectivity index (χ0) is 16.0. The molecule has 0 fully saturated rings. The van der Waals surface area contributed by atoms with Gasteiger partial charge in [-0.15, -0.1) is 0 Å². The Labute approximate surface area is 121 Å². The Morgan fingerprint density at radius 1 is 1.29 bits per heavy atom.